The van der Waals surface area contributed by atoms with Crippen molar-refractivity contribution in [1.82, 2.24) is 4.90 Å². The molecule has 1 saturated heterocycles. The van der Waals surface area contributed by atoms with Gasteiger partial charge in [-0.25, -0.2) is 0 Å². The summed E-state index contributed by atoms with van der Waals surface area (Å²) < 4.78 is 8.22. The van der Waals surface area contributed by atoms with Gasteiger partial charge in [-0.15, -0.1) is 0 Å². The molecule has 27 heavy (non-hydrogen) atoms. The lowest BCUT2D eigenvalue weighted by atomic mass is 10.1. The highest BCUT2D eigenvalue weighted by Crippen LogP contribution is 2.38. The second kappa shape index (κ2) is 8.90. The van der Waals surface area contributed by atoms with Crippen LogP contribution in [0.25, 0.3) is 6.08 Å². The van der Waals surface area contributed by atoms with Gasteiger partial charge in [0.25, 0.3) is 5.91 Å². The number of amides is 1. The number of rotatable bonds is 5. The van der Waals surface area contributed by atoms with Crippen molar-refractivity contribution in [3.05, 3.63) is 66.9 Å². The average Bonchev–Trinajstić information content (AvgIpc) is 2.88. The quantitative estimate of drug-likeness (QED) is 0.337. The number of nitrogens with zero attached hydrogens (tertiary/aromatic N) is 1. The molecule has 1 amide bonds. The van der Waals surface area contributed by atoms with Crippen molar-refractivity contribution in [3.8, 4) is 5.75 Å². The molecule has 0 aromatic heterocycles. The highest BCUT2D eigenvalue weighted by Gasteiger charge is 2.30. The first-order valence-electron chi connectivity index (χ1n) is 8.31. The Balaban J connectivity index is 1.79. The maximum Gasteiger partial charge on any atom is 0.266 e. The molecule has 0 bridgehead atoms. The van der Waals surface area contributed by atoms with Gasteiger partial charge < -0.3 is 4.74 Å². The minimum absolute atomic E-state index is 0.0422. The molecule has 0 atom stereocenters. The summed E-state index contributed by atoms with van der Waals surface area (Å²) in [5.41, 5.74) is 3.22. The van der Waals surface area contributed by atoms with E-state index >= 15 is 0 Å². The zero-order valence-electron chi connectivity index (χ0n) is 14.8. The first-order valence-corrected chi connectivity index (χ1v) is 11.1. The molecule has 0 spiro atoms. The summed E-state index contributed by atoms with van der Waals surface area (Å²) in [6.45, 7) is 5.04. The van der Waals surface area contributed by atoms with Crippen molar-refractivity contribution < 1.29 is 9.53 Å². The molecular weight excluding hydrogens is 510 g/mol. The maximum absolute atomic E-state index is 12.4. The average molecular weight is 527 g/mol. The number of ether oxygens (including phenoxy) is 1. The fraction of sp³-hybridized carbons (Fsp3) is 0.200. The molecule has 3 nitrogen and oxygen atoms in total. The first-order chi connectivity index (χ1) is 12.9. The van der Waals surface area contributed by atoms with E-state index in [1.165, 1.54) is 17.3 Å². The van der Waals surface area contributed by atoms with Crippen LogP contribution in [0.5, 0.6) is 5.75 Å². The Morgan fingerprint density at radius 2 is 1.81 bits per heavy atom. The van der Waals surface area contributed by atoms with Gasteiger partial charge in [-0.1, -0.05) is 53.8 Å². The molecule has 1 aliphatic rings. The van der Waals surface area contributed by atoms with Crippen LogP contribution in [0.3, 0.4) is 0 Å². The van der Waals surface area contributed by atoms with Gasteiger partial charge >= 0.3 is 0 Å². The van der Waals surface area contributed by atoms with Crippen molar-refractivity contribution in [2.75, 3.05) is 6.54 Å². The molecule has 0 aliphatic carbocycles. The largest absolute Gasteiger partial charge is 0.487 e. The highest BCUT2D eigenvalue weighted by atomic mass is 79.9. The number of hydrogen-bond acceptors (Lipinski definition) is 4. The molecule has 3 rings (SSSR count). The van der Waals surface area contributed by atoms with Gasteiger partial charge in [-0.3, -0.25) is 9.69 Å². The SMILES string of the molecule is CCN1C(=O)/C(=C/c2cc(Br)c(OCc3ccc(C)cc3)c(Br)c2)SC1=S. The number of carbonyl (C=O) groups is 1. The van der Waals surface area contributed by atoms with Crippen LogP contribution in [-0.4, -0.2) is 21.7 Å². The van der Waals surface area contributed by atoms with Crippen LogP contribution in [0.15, 0.2) is 50.2 Å². The number of likely N-dealkylation sites (N-methyl/N-ethyl adjacent to an activating group) is 1. The van der Waals surface area contributed by atoms with Crippen molar-refractivity contribution in [2.24, 2.45) is 0 Å². The van der Waals surface area contributed by atoms with Gasteiger partial charge in [0.05, 0.1) is 13.9 Å². The standard InChI is InChI=1S/C20H17Br2NO2S2/c1-3-23-19(24)17(27-20(23)26)10-14-8-15(21)18(16(22)9-14)25-11-13-6-4-12(2)5-7-13/h4-10H,3,11H2,1-2H3/b17-10-. The van der Waals surface area contributed by atoms with Crippen molar-refractivity contribution in [1.29, 1.82) is 0 Å². The van der Waals surface area contributed by atoms with Crippen LogP contribution in [0.2, 0.25) is 0 Å². The molecule has 2 aromatic rings. The number of halogens is 2. The molecule has 0 N–H and O–H groups in total. The zero-order chi connectivity index (χ0) is 19.6. The minimum atomic E-state index is -0.0422. The molecule has 2 aromatic carbocycles. The lowest BCUT2D eigenvalue weighted by molar-refractivity contribution is -0.121. The molecule has 1 aliphatic heterocycles. The van der Waals surface area contributed by atoms with Gasteiger partial charge in [0, 0.05) is 6.54 Å². The van der Waals surface area contributed by atoms with Crippen LogP contribution in [0.1, 0.15) is 23.6 Å². The normalized spacial score (nSPS) is 15.7. The summed E-state index contributed by atoms with van der Waals surface area (Å²) >= 11 is 13.7. The second-order valence-electron chi connectivity index (χ2n) is 6.01. The molecule has 0 unspecified atom stereocenters. The van der Waals surface area contributed by atoms with Gasteiger partial charge in [-0.05, 0) is 75.0 Å². The summed E-state index contributed by atoms with van der Waals surface area (Å²) in [5.74, 6) is 0.688. The molecule has 7 heteroatoms. The number of benzene rings is 2. The number of thiocarbonyl (C=S) groups is 1. The van der Waals surface area contributed by atoms with Gasteiger partial charge in [0.1, 0.15) is 16.7 Å². The van der Waals surface area contributed by atoms with Crippen molar-refractivity contribution in [2.45, 2.75) is 20.5 Å². The summed E-state index contributed by atoms with van der Waals surface area (Å²) in [4.78, 5) is 14.6. The predicted octanol–water partition coefficient (Wildman–Crippen LogP) is 6.32. The molecule has 1 fully saturated rings. The van der Waals surface area contributed by atoms with Crippen molar-refractivity contribution in [3.63, 3.8) is 0 Å². The van der Waals surface area contributed by atoms with E-state index in [0.29, 0.717) is 22.4 Å². The smallest absolute Gasteiger partial charge is 0.266 e. The summed E-state index contributed by atoms with van der Waals surface area (Å²) in [5, 5.41) is 0. The molecule has 140 valence electrons. The van der Waals surface area contributed by atoms with E-state index in [1.54, 1.807) is 4.90 Å². The highest BCUT2D eigenvalue weighted by molar-refractivity contribution is 9.11. The van der Waals surface area contributed by atoms with E-state index < -0.39 is 0 Å². The van der Waals surface area contributed by atoms with Crippen LogP contribution in [0.4, 0.5) is 0 Å². The number of thioether (sulfide) groups is 1. The first kappa shape index (κ1) is 20.6. The fourth-order valence-electron chi connectivity index (χ4n) is 2.56. The molecule has 0 radical (unpaired) electrons. The summed E-state index contributed by atoms with van der Waals surface area (Å²) in [6, 6.07) is 12.1. The van der Waals surface area contributed by atoms with E-state index in [2.05, 4.69) is 63.0 Å². The monoisotopic (exact) mass is 525 g/mol. The van der Waals surface area contributed by atoms with Crippen LogP contribution < -0.4 is 4.74 Å². The molecule has 0 saturated carbocycles. The van der Waals surface area contributed by atoms with Crippen LogP contribution >= 0.6 is 55.8 Å². The van der Waals surface area contributed by atoms with Gasteiger partial charge in [0.2, 0.25) is 0 Å². The van der Waals surface area contributed by atoms with E-state index in [-0.39, 0.29) is 5.91 Å². The molecular formula is C20H17Br2NO2S2. The zero-order valence-corrected chi connectivity index (χ0v) is 19.6. The number of hydrogen-bond donors (Lipinski definition) is 0. The van der Waals surface area contributed by atoms with Crippen molar-refractivity contribution >= 4 is 72.1 Å². The van der Waals surface area contributed by atoms with Crippen LogP contribution in [0, 0.1) is 6.92 Å². The maximum atomic E-state index is 12.4. The number of carbonyl (C=O) groups excluding carboxylic acids is 1. The van der Waals surface area contributed by atoms with Gasteiger partial charge in [0.15, 0.2) is 0 Å². The minimum Gasteiger partial charge on any atom is -0.487 e. The fourth-order valence-corrected chi connectivity index (χ4v) is 5.40. The Hall–Kier alpha value is -1.15. The summed E-state index contributed by atoms with van der Waals surface area (Å²) in [7, 11) is 0. The van der Waals surface area contributed by atoms with Crippen LogP contribution in [-0.2, 0) is 11.4 Å². The molecule has 1 heterocycles. The Kier molecular flexibility index (Phi) is 6.78. The van der Waals surface area contributed by atoms with Gasteiger partial charge in [-0.2, -0.15) is 0 Å². The Labute approximate surface area is 185 Å². The van der Waals surface area contributed by atoms with E-state index in [1.807, 2.05) is 25.1 Å². The lowest BCUT2D eigenvalue weighted by Crippen LogP contribution is -2.27. The second-order valence-corrected chi connectivity index (χ2v) is 9.40. The Morgan fingerprint density at radius 3 is 2.37 bits per heavy atom. The topological polar surface area (TPSA) is 29.5 Å². The Morgan fingerprint density at radius 1 is 1.19 bits per heavy atom. The third-order valence-corrected chi connectivity index (χ3v) is 6.57. The third-order valence-electron chi connectivity index (χ3n) is 4.01. The van der Waals surface area contributed by atoms with E-state index in [0.717, 1.165) is 25.8 Å². The third kappa shape index (κ3) is 4.83. The Bertz CT molecular complexity index is 903. The van der Waals surface area contributed by atoms with E-state index in [4.69, 9.17) is 17.0 Å². The number of aryl methyl sites for hydroxylation is 1. The van der Waals surface area contributed by atoms with E-state index in [9.17, 15) is 4.79 Å². The predicted molar refractivity (Wildman–Crippen MR) is 123 cm³/mol. The lowest BCUT2D eigenvalue weighted by Gasteiger charge is -2.12. The summed E-state index contributed by atoms with van der Waals surface area (Å²) in [6.07, 6.45) is 1.86.